The molecule has 0 rings (SSSR count). The number of hydrogen-bond donors (Lipinski definition) is 0. The minimum atomic E-state index is -8.14. The van der Waals surface area contributed by atoms with Crippen molar-refractivity contribution in [2.75, 3.05) is 0 Å². The van der Waals surface area contributed by atoms with Crippen molar-refractivity contribution in [1.82, 2.24) is 4.90 Å². The van der Waals surface area contributed by atoms with Crippen molar-refractivity contribution in [3.8, 4) is 0 Å². The van der Waals surface area contributed by atoms with Crippen LogP contribution in [0.5, 0.6) is 0 Å². The summed E-state index contributed by atoms with van der Waals surface area (Å²) < 4.78 is 237. The van der Waals surface area contributed by atoms with Gasteiger partial charge < -0.3 is 0 Å². The molecule has 1 nitrogen and oxygen atoms in total. The molecule has 0 heterocycles. The molecule has 0 bridgehead atoms. The summed E-state index contributed by atoms with van der Waals surface area (Å²) in [6.45, 7) is 0. The lowest BCUT2D eigenvalue weighted by Crippen LogP contribution is -2.62. The first-order valence-electron chi connectivity index (χ1n) is 5.76. The molecular weight excluding hydrogens is 483 g/mol. The van der Waals surface area contributed by atoms with E-state index in [1.807, 2.05) is 0 Å². The lowest BCUT2D eigenvalue weighted by atomic mass is 10.0. The molecule has 0 saturated carbocycles. The molecule has 0 spiro atoms. The van der Waals surface area contributed by atoms with E-state index in [0.29, 0.717) is 0 Å². The normalized spacial score (nSPS) is 15.4. The highest BCUT2D eigenvalue weighted by molar-refractivity contribution is 5.31. The molecule has 0 radical (unpaired) electrons. The van der Waals surface area contributed by atoms with Crippen molar-refractivity contribution in [2.45, 2.75) is 43.0 Å². The van der Waals surface area contributed by atoms with Gasteiger partial charge in [-0.15, -0.1) is 13.2 Å². The second-order valence-corrected chi connectivity index (χ2v) is 4.63. The Hall–Kier alpha value is -1.79. The van der Waals surface area contributed by atoms with Crippen LogP contribution in [0.3, 0.4) is 0 Å². The molecular formula is C9F19N. The number of nitrogens with zero attached hydrogens (tertiary/aromatic N) is 1. The minimum Gasteiger partial charge on any atom is -0.212 e. The van der Waals surface area contributed by atoms with Gasteiger partial charge in [-0.1, -0.05) is 0 Å². The van der Waals surface area contributed by atoms with Gasteiger partial charge in [0.1, 0.15) is 5.70 Å². The molecule has 0 aromatic carbocycles. The summed E-state index contributed by atoms with van der Waals surface area (Å²) >= 11 is 0. The Kier molecular flexibility index (Phi) is 6.45. The molecule has 0 N–H and O–H groups in total. The zero-order chi connectivity index (χ0) is 24.2. The Morgan fingerprint density at radius 2 is 0.759 bits per heavy atom. The molecule has 0 aromatic rings. The van der Waals surface area contributed by atoms with Gasteiger partial charge in [0.15, 0.2) is 5.57 Å². The van der Waals surface area contributed by atoms with Crippen LogP contribution in [0.1, 0.15) is 0 Å². The summed E-state index contributed by atoms with van der Waals surface area (Å²) in [6.07, 6.45) is -39.2. The monoisotopic (exact) mass is 483 g/mol. The van der Waals surface area contributed by atoms with Crippen LogP contribution in [0, 0.1) is 0 Å². The molecule has 0 aromatic heterocycles. The Labute approximate surface area is 144 Å². The van der Waals surface area contributed by atoms with Gasteiger partial charge in [0.2, 0.25) is 0 Å². The van der Waals surface area contributed by atoms with E-state index in [4.69, 9.17) is 0 Å². The van der Waals surface area contributed by atoms with Gasteiger partial charge in [0, 0.05) is 0 Å². The quantitative estimate of drug-likeness (QED) is 0.326. The Morgan fingerprint density at radius 1 is 0.448 bits per heavy atom. The second-order valence-electron chi connectivity index (χ2n) is 4.63. The third kappa shape index (κ3) is 5.23. The summed E-state index contributed by atoms with van der Waals surface area (Å²) in [4.78, 5) is -4.57. The largest absolute Gasteiger partial charge is 0.489 e. The highest BCUT2D eigenvalue weighted by Gasteiger charge is 2.77. The van der Waals surface area contributed by atoms with E-state index in [0.717, 1.165) is 0 Å². The highest BCUT2D eigenvalue weighted by Crippen LogP contribution is 2.56. The topological polar surface area (TPSA) is 3.24 Å². The summed E-state index contributed by atoms with van der Waals surface area (Å²) in [7, 11) is 0. The third-order valence-corrected chi connectivity index (χ3v) is 2.56. The maximum atomic E-state index is 13.2. The molecule has 0 aliphatic heterocycles. The predicted molar refractivity (Wildman–Crippen MR) is 49.0 cm³/mol. The lowest BCUT2D eigenvalue weighted by Gasteiger charge is -2.40. The first kappa shape index (κ1) is 27.2. The molecule has 0 aliphatic carbocycles. The zero-order valence-electron chi connectivity index (χ0n) is 12.1. The first-order valence-corrected chi connectivity index (χ1v) is 5.76. The molecule has 20 heteroatoms. The molecule has 0 amide bonds. The van der Waals surface area contributed by atoms with E-state index in [9.17, 15) is 83.4 Å². The van der Waals surface area contributed by atoms with Crippen molar-refractivity contribution in [3.63, 3.8) is 0 Å². The Morgan fingerprint density at radius 3 is 0.931 bits per heavy atom. The predicted octanol–water partition coefficient (Wildman–Crippen LogP) is 6.54. The van der Waals surface area contributed by atoms with Gasteiger partial charge in [0.25, 0.3) is 0 Å². The fraction of sp³-hybridized carbons (Fsp3) is 0.778. The van der Waals surface area contributed by atoms with Crippen LogP contribution < -0.4 is 0 Å². The summed E-state index contributed by atoms with van der Waals surface area (Å²) in [6, 6.07) is -8.13. The van der Waals surface area contributed by atoms with Crippen LogP contribution in [0.2, 0.25) is 0 Å². The van der Waals surface area contributed by atoms with Gasteiger partial charge in [-0.25, -0.2) is 4.90 Å². The average molecular weight is 483 g/mol. The van der Waals surface area contributed by atoms with Gasteiger partial charge >= 0.3 is 43.0 Å². The van der Waals surface area contributed by atoms with Gasteiger partial charge in [0.05, 0.1) is 0 Å². The smallest absolute Gasteiger partial charge is 0.212 e. The van der Waals surface area contributed by atoms with Crippen LogP contribution >= 0.6 is 0 Å². The maximum absolute atomic E-state index is 13.2. The number of rotatable bonds is 3. The lowest BCUT2D eigenvalue weighted by molar-refractivity contribution is -0.411. The average Bonchev–Trinajstić information content (AvgIpc) is 2.29. The number of alkyl halides is 19. The van der Waals surface area contributed by atoms with Gasteiger partial charge in [-0.05, 0) is 0 Å². The van der Waals surface area contributed by atoms with Crippen molar-refractivity contribution in [2.24, 2.45) is 0 Å². The molecule has 0 fully saturated rings. The van der Waals surface area contributed by atoms with E-state index in [-0.39, 0.29) is 0 Å². The van der Waals surface area contributed by atoms with E-state index in [1.165, 1.54) is 0 Å². The first-order chi connectivity index (χ1) is 12.1. The Bertz CT molecular complexity index is 603. The third-order valence-electron chi connectivity index (χ3n) is 2.56. The van der Waals surface area contributed by atoms with Crippen LogP contribution in [0.15, 0.2) is 11.3 Å². The molecule has 174 valence electrons. The van der Waals surface area contributed by atoms with Crippen LogP contribution in [0.25, 0.3) is 0 Å². The summed E-state index contributed by atoms with van der Waals surface area (Å²) in [5, 5.41) is 0. The number of allylic oxidation sites excluding steroid dienone is 2. The number of hydrogen-bond acceptors (Lipinski definition) is 1. The minimum absolute atomic E-state index is 4.57. The van der Waals surface area contributed by atoms with E-state index < -0.39 is 59.1 Å². The maximum Gasteiger partial charge on any atom is 0.489 e. The molecule has 29 heavy (non-hydrogen) atoms. The SMILES string of the molecule is FC(F)(F)C(=C(N(C(F)(F)F)C(F)(F)C(F)(F)F)C(F)(F)C(F)(F)F)C(F)(F)F. The van der Waals surface area contributed by atoms with Crippen LogP contribution in [0.4, 0.5) is 83.4 Å². The van der Waals surface area contributed by atoms with Gasteiger partial charge in [-0.3, -0.25) is 0 Å². The number of halogens is 19. The van der Waals surface area contributed by atoms with Crippen molar-refractivity contribution in [3.05, 3.63) is 11.3 Å². The van der Waals surface area contributed by atoms with Crippen molar-refractivity contribution >= 4 is 0 Å². The Balaban J connectivity index is 7.90. The summed E-state index contributed by atoms with van der Waals surface area (Å²) in [5.74, 6) is -8.14. The van der Waals surface area contributed by atoms with Crippen molar-refractivity contribution in [1.29, 1.82) is 0 Å². The molecule has 0 atom stereocenters. The van der Waals surface area contributed by atoms with Crippen LogP contribution in [-0.4, -0.2) is 47.9 Å². The standard InChI is InChI=1S/C9F19N/c10-3(11,6(18,19)20)2(1(4(12,13)14)5(15,16)17)29(9(26,27)28)8(24,25)7(21,22)23. The van der Waals surface area contributed by atoms with E-state index in [1.54, 1.807) is 0 Å². The molecule has 0 unspecified atom stereocenters. The fourth-order valence-electron chi connectivity index (χ4n) is 1.53. The van der Waals surface area contributed by atoms with E-state index in [2.05, 4.69) is 0 Å². The zero-order valence-corrected chi connectivity index (χ0v) is 12.1. The van der Waals surface area contributed by atoms with E-state index >= 15 is 0 Å². The molecule has 0 saturated heterocycles. The van der Waals surface area contributed by atoms with Crippen molar-refractivity contribution < 1.29 is 83.4 Å². The van der Waals surface area contributed by atoms with Crippen LogP contribution in [-0.2, 0) is 0 Å². The summed E-state index contributed by atoms with van der Waals surface area (Å²) in [5.41, 5.74) is -11.4. The van der Waals surface area contributed by atoms with Gasteiger partial charge in [-0.2, -0.15) is 70.2 Å². The highest BCUT2D eigenvalue weighted by atomic mass is 19.4. The second kappa shape index (κ2) is 6.88. The fourth-order valence-corrected chi connectivity index (χ4v) is 1.53. The molecule has 0 aliphatic rings.